The Balaban J connectivity index is 2.40. The second-order valence-electron chi connectivity index (χ2n) is 4.93. The molecule has 2 nitrogen and oxygen atoms in total. The molecule has 0 atom stereocenters. The maximum atomic E-state index is 11.1. The maximum absolute atomic E-state index is 11.1. The quantitative estimate of drug-likeness (QED) is 0.524. The van der Waals surface area contributed by atoms with Crippen LogP contribution in [-0.2, 0) is 9.53 Å². The minimum Gasteiger partial charge on any atom is -0.431 e. The van der Waals surface area contributed by atoms with Crippen molar-refractivity contribution in [3.05, 3.63) is 34.6 Å². The van der Waals surface area contributed by atoms with Crippen molar-refractivity contribution >= 4 is 5.97 Å². The number of carbonyl (C=O) groups excluding carboxylic acids is 1. The van der Waals surface area contributed by atoms with Gasteiger partial charge in [-0.15, -0.1) is 0 Å². The zero-order valence-electron chi connectivity index (χ0n) is 11.3. The normalized spacial score (nSPS) is 16.2. The third-order valence-electron chi connectivity index (χ3n) is 2.85. The first-order valence-electron chi connectivity index (χ1n) is 6.17. The van der Waals surface area contributed by atoms with E-state index >= 15 is 0 Å². The van der Waals surface area contributed by atoms with Crippen LogP contribution in [0.15, 0.2) is 34.6 Å². The fourth-order valence-electron chi connectivity index (χ4n) is 1.75. The summed E-state index contributed by atoms with van der Waals surface area (Å²) in [5.74, 6) is 0.727. The predicted octanol–water partition coefficient (Wildman–Crippen LogP) is 4.29. The zero-order valence-corrected chi connectivity index (χ0v) is 11.3. The number of rotatable bonds is 5. The van der Waals surface area contributed by atoms with E-state index in [1.807, 2.05) is 6.92 Å². The molecule has 1 aliphatic rings. The highest BCUT2D eigenvalue weighted by Crippen LogP contribution is 2.23. The summed E-state index contributed by atoms with van der Waals surface area (Å²) in [7, 11) is 0. The van der Waals surface area contributed by atoms with E-state index < -0.39 is 0 Å². The molecule has 17 heavy (non-hydrogen) atoms. The van der Waals surface area contributed by atoms with E-state index in [1.54, 1.807) is 0 Å². The Morgan fingerprint density at radius 1 is 1.29 bits per heavy atom. The molecule has 0 aromatic carbocycles. The van der Waals surface area contributed by atoms with E-state index in [1.165, 1.54) is 11.1 Å². The summed E-state index contributed by atoms with van der Waals surface area (Å²) in [5.41, 5.74) is 3.79. The van der Waals surface area contributed by atoms with Crippen molar-refractivity contribution in [1.82, 2.24) is 0 Å². The third kappa shape index (κ3) is 5.03. The van der Waals surface area contributed by atoms with Crippen LogP contribution in [0.1, 0.15) is 53.4 Å². The molecule has 94 valence electrons. The number of hydrogen-bond acceptors (Lipinski definition) is 2. The largest absolute Gasteiger partial charge is 0.431 e. The van der Waals surface area contributed by atoms with Gasteiger partial charge in [0.25, 0.3) is 0 Å². The van der Waals surface area contributed by atoms with Crippen LogP contribution in [0.3, 0.4) is 0 Å². The topological polar surface area (TPSA) is 26.3 Å². The molecular weight excluding hydrogens is 212 g/mol. The molecule has 1 aliphatic heterocycles. The van der Waals surface area contributed by atoms with Crippen molar-refractivity contribution in [3.63, 3.8) is 0 Å². The molecule has 0 spiro atoms. The Morgan fingerprint density at radius 2 is 2.00 bits per heavy atom. The molecule has 0 aromatic heterocycles. The lowest BCUT2D eigenvalue weighted by atomic mass is 10.1. The zero-order chi connectivity index (χ0) is 12.8. The van der Waals surface area contributed by atoms with Gasteiger partial charge in [-0.1, -0.05) is 23.3 Å². The average molecular weight is 234 g/mol. The van der Waals surface area contributed by atoms with Gasteiger partial charge in [0, 0.05) is 6.42 Å². The van der Waals surface area contributed by atoms with Gasteiger partial charge in [-0.05, 0) is 46.1 Å². The van der Waals surface area contributed by atoms with Crippen LogP contribution in [0.5, 0.6) is 0 Å². The third-order valence-corrected chi connectivity index (χ3v) is 2.85. The number of ether oxygens (including phenoxy) is 1. The molecule has 2 heteroatoms. The Bertz CT molecular complexity index is 380. The van der Waals surface area contributed by atoms with Gasteiger partial charge >= 0.3 is 5.97 Å². The lowest BCUT2D eigenvalue weighted by molar-refractivity contribution is -0.136. The lowest BCUT2D eigenvalue weighted by Gasteiger charge is -2.02. The minimum atomic E-state index is -0.118. The van der Waals surface area contributed by atoms with Crippen molar-refractivity contribution in [2.75, 3.05) is 0 Å². The van der Waals surface area contributed by atoms with Gasteiger partial charge in [0.1, 0.15) is 5.76 Å². The van der Waals surface area contributed by atoms with Crippen molar-refractivity contribution in [2.45, 2.75) is 53.4 Å². The van der Waals surface area contributed by atoms with Gasteiger partial charge < -0.3 is 4.74 Å². The first-order valence-corrected chi connectivity index (χ1v) is 6.17. The summed E-state index contributed by atoms with van der Waals surface area (Å²) >= 11 is 0. The first-order chi connectivity index (χ1) is 7.99. The number of cyclic esters (lactones) is 1. The van der Waals surface area contributed by atoms with Crippen LogP contribution in [-0.4, -0.2) is 5.97 Å². The molecule has 1 rings (SSSR count). The highest BCUT2D eigenvalue weighted by Gasteiger charge is 2.18. The molecule has 0 saturated heterocycles. The molecule has 0 fully saturated rings. The van der Waals surface area contributed by atoms with E-state index in [4.69, 9.17) is 4.74 Å². The standard InChI is InChI=1S/C15H22O2/c1-11(2)6-5-7-12(3)8-9-14-13(4)10-15(16)17-14/h6,8H,5,7,9-10H2,1-4H3. The molecule has 0 unspecified atom stereocenters. The fourth-order valence-corrected chi connectivity index (χ4v) is 1.75. The molecule has 0 radical (unpaired) electrons. The van der Waals surface area contributed by atoms with Gasteiger partial charge in [-0.25, -0.2) is 0 Å². The van der Waals surface area contributed by atoms with Gasteiger partial charge in [0.2, 0.25) is 0 Å². The van der Waals surface area contributed by atoms with E-state index in [2.05, 4.69) is 32.9 Å². The van der Waals surface area contributed by atoms with Gasteiger partial charge in [-0.3, -0.25) is 4.79 Å². The smallest absolute Gasteiger partial charge is 0.315 e. The Hall–Kier alpha value is -1.31. The van der Waals surface area contributed by atoms with E-state index in [9.17, 15) is 4.79 Å². The van der Waals surface area contributed by atoms with Crippen molar-refractivity contribution in [3.8, 4) is 0 Å². The van der Waals surface area contributed by atoms with Crippen molar-refractivity contribution in [1.29, 1.82) is 0 Å². The number of hydrogen-bond donors (Lipinski definition) is 0. The molecule has 0 aliphatic carbocycles. The molecule has 0 aromatic rings. The summed E-state index contributed by atoms with van der Waals surface area (Å²) in [6.07, 6.45) is 7.78. The van der Waals surface area contributed by atoms with Crippen LogP contribution in [0.2, 0.25) is 0 Å². The van der Waals surface area contributed by atoms with E-state index in [-0.39, 0.29) is 5.97 Å². The molecule has 0 amide bonds. The molecular formula is C15H22O2. The van der Waals surface area contributed by atoms with E-state index in [0.717, 1.165) is 30.6 Å². The summed E-state index contributed by atoms with van der Waals surface area (Å²) in [5, 5.41) is 0. The number of allylic oxidation sites excluding steroid dienone is 4. The molecule has 0 bridgehead atoms. The highest BCUT2D eigenvalue weighted by molar-refractivity contribution is 5.76. The number of esters is 1. The Morgan fingerprint density at radius 3 is 2.53 bits per heavy atom. The Labute approximate surface area is 104 Å². The maximum Gasteiger partial charge on any atom is 0.315 e. The lowest BCUT2D eigenvalue weighted by Crippen LogP contribution is -1.93. The summed E-state index contributed by atoms with van der Waals surface area (Å²) in [6.45, 7) is 8.33. The number of carbonyl (C=O) groups is 1. The highest BCUT2D eigenvalue weighted by atomic mass is 16.5. The molecule has 0 saturated carbocycles. The van der Waals surface area contributed by atoms with Crippen LogP contribution in [0.4, 0.5) is 0 Å². The van der Waals surface area contributed by atoms with Crippen molar-refractivity contribution < 1.29 is 9.53 Å². The second-order valence-corrected chi connectivity index (χ2v) is 4.93. The first kappa shape index (κ1) is 13.8. The van der Waals surface area contributed by atoms with Crippen LogP contribution in [0, 0.1) is 0 Å². The molecule has 0 N–H and O–H groups in total. The monoisotopic (exact) mass is 234 g/mol. The van der Waals surface area contributed by atoms with Crippen LogP contribution < -0.4 is 0 Å². The fraction of sp³-hybridized carbons (Fsp3) is 0.533. The van der Waals surface area contributed by atoms with Gasteiger partial charge in [-0.2, -0.15) is 0 Å². The summed E-state index contributed by atoms with van der Waals surface area (Å²) in [4.78, 5) is 11.1. The van der Waals surface area contributed by atoms with Crippen molar-refractivity contribution in [2.24, 2.45) is 0 Å². The predicted molar refractivity (Wildman–Crippen MR) is 70.4 cm³/mol. The Kier molecular flexibility index (Phi) is 5.20. The van der Waals surface area contributed by atoms with Gasteiger partial charge in [0.05, 0.1) is 6.42 Å². The van der Waals surface area contributed by atoms with Crippen LogP contribution >= 0.6 is 0 Å². The second kappa shape index (κ2) is 6.43. The minimum absolute atomic E-state index is 0.118. The average Bonchev–Trinajstić information content (AvgIpc) is 2.54. The summed E-state index contributed by atoms with van der Waals surface area (Å²) < 4.78 is 5.15. The summed E-state index contributed by atoms with van der Waals surface area (Å²) in [6, 6.07) is 0. The van der Waals surface area contributed by atoms with E-state index in [0.29, 0.717) is 6.42 Å². The SMILES string of the molecule is CC(C)=CCCC(C)=CCC1=C(C)CC(=O)O1. The molecule has 1 heterocycles. The van der Waals surface area contributed by atoms with Crippen LogP contribution in [0.25, 0.3) is 0 Å². The van der Waals surface area contributed by atoms with Gasteiger partial charge in [0.15, 0.2) is 0 Å².